The minimum Gasteiger partial charge on any atom is -0.496 e. The monoisotopic (exact) mass is 305 g/mol. The van der Waals surface area contributed by atoms with Crippen LogP contribution in [0.2, 0.25) is 0 Å². The lowest BCUT2D eigenvalue weighted by Gasteiger charge is -2.25. The van der Waals surface area contributed by atoms with Crippen molar-refractivity contribution < 1.29 is 19.4 Å². The average molecular weight is 305 g/mol. The van der Waals surface area contributed by atoms with Crippen molar-refractivity contribution in [3.8, 4) is 5.75 Å². The third-order valence-corrected chi connectivity index (χ3v) is 3.98. The highest BCUT2D eigenvalue weighted by Crippen LogP contribution is 2.29. The maximum absolute atomic E-state index is 12.6. The molecule has 1 saturated carbocycles. The van der Waals surface area contributed by atoms with E-state index < -0.39 is 11.9 Å². The zero-order valence-electron chi connectivity index (χ0n) is 13.3. The van der Waals surface area contributed by atoms with Gasteiger partial charge in [0.15, 0.2) is 0 Å². The molecule has 1 fully saturated rings. The van der Waals surface area contributed by atoms with Crippen LogP contribution < -0.4 is 4.74 Å². The molecule has 0 saturated heterocycles. The van der Waals surface area contributed by atoms with E-state index in [2.05, 4.69) is 0 Å². The number of carbonyl (C=O) groups excluding carboxylic acids is 1. The van der Waals surface area contributed by atoms with Crippen molar-refractivity contribution in [1.82, 2.24) is 4.90 Å². The number of carboxylic acid groups (broad SMARTS) is 1. The molecule has 1 aromatic carbocycles. The SMILES string of the molecule is COc1ccc(C)cc1CC(=O)N(CC(C)C(=O)O)C1CC1. The fraction of sp³-hybridized carbons (Fsp3) is 0.529. The van der Waals surface area contributed by atoms with Crippen molar-refractivity contribution in [2.45, 2.75) is 39.2 Å². The molecule has 1 unspecified atom stereocenters. The summed E-state index contributed by atoms with van der Waals surface area (Å²) in [6.07, 6.45) is 2.17. The highest BCUT2D eigenvalue weighted by Gasteiger charge is 2.34. The summed E-state index contributed by atoms with van der Waals surface area (Å²) < 4.78 is 5.31. The van der Waals surface area contributed by atoms with E-state index in [0.717, 1.165) is 24.0 Å². The standard InChI is InChI=1S/C17H23NO4/c1-11-4-7-15(22-3)13(8-11)9-16(19)18(14-5-6-14)10-12(2)17(20)21/h4,7-8,12,14H,5-6,9-10H2,1-3H3,(H,20,21). The van der Waals surface area contributed by atoms with Gasteiger partial charge in [-0.15, -0.1) is 0 Å². The van der Waals surface area contributed by atoms with Crippen LogP contribution in [-0.4, -0.2) is 41.6 Å². The van der Waals surface area contributed by atoms with E-state index in [1.54, 1.807) is 18.9 Å². The maximum Gasteiger partial charge on any atom is 0.308 e. The molecule has 22 heavy (non-hydrogen) atoms. The Morgan fingerprint density at radius 3 is 2.64 bits per heavy atom. The summed E-state index contributed by atoms with van der Waals surface area (Å²) in [6, 6.07) is 5.95. The Hall–Kier alpha value is -2.04. The Labute approximate surface area is 130 Å². The first-order valence-electron chi connectivity index (χ1n) is 7.58. The Morgan fingerprint density at radius 2 is 2.09 bits per heavy atom. The molecule has 1 N–H and O–H groups in total. The number of methoxy groups -OCH3 is 1. The topological polar surface area (TPSA) is 66.8 Å². The van der Waals surface area contributed by atoms with Crippen molar-refractivity contribution >= 4 is 11.9 Å². The first kappa shape index (κ1) is 16.3. The van der Waals surface area contributed by atoms with Gasteiger partial charge in [0.25, 0.3) is 0 Å². The number of benzene rings is 1. The van der Waals surface area contributed by atoms with Crippen molar-refractivity contribution in [3.63, 3.8) is 0 Å². The van der Waals surface area contributed by atoms with Gasteiger partial charge in [-0.2, -0.15) is 0 Å². The molecule has 120 valence electrons. The van der Waals surface area contributed by atoms with Crippen LogP contribution in [0, 0.1) is 12.8 Å². The molecule has 5 nitrogen and oxygen atoms in total. The fourth-order valence-corrected chi connectivity index (χ4v) is 2.52. The molecule has 0 heterocycles. The molecule has 1 aliphatic carbocycles. The lowest BCUT2D eigenvalue weighted by atomic mass is 10.1. The van der Waals surface area contributed by atoms with Gasteiger partial charge in [0.05, 0.1) is 19.4 Å². The van der Waals surface area contributed by atoms with Crippen LogP contribution in [0.4, 0.5) is 0 Å². The summed E-state index contributed by atoms with van der Waals surface area (Å²) in [7, 11) is 1.59. The van der Waals surface area contributed by atoms with Gasteiger partial charge in [0.2, 0.25) is 5.91 Å². The van der Waals surface area contributed by atoms with Crippen LogP contribution in [0.25, 0.3) is 0 Å². The highest BCUT2D eigenvalue weighted by molar-refractivity contribution is 5.81. The van der Waals surface area contributed by atoms with E-state index in [-0.39, 0.29) is 24.9 Å². The van der Waals surface area contributed by atoms with E-state index in [1.165, 1.54) is 0 Å². The largest absolute Gasteiger partial charge is 0.496 e. The quantitative estimate of drug-likeness (QED) is 0.839. The van der Waals surface area contributed by atoms with Crippen molar-refractivity contribution in [2.24, 2.45) is 5.92 Å². The normalized spacial score (nSPS) is 15.2. The van der Waals surface area contributed by atoms with Crippen LogP contribution in [0.3, 0.4) is 0 Å². The maximum atomic E-state index is 12.6. The van der Waals surface area contributed by atoms with E-state index >= 15 is 0 Å². The number of aliphatic carboxylic acids is 1. The predicted molar refractivity (Wildman–Crippen MR) is 83.0 cm³/mol. The van der Waals surface area contributed by atoms with Gasteiger partial charge in [0, 0.05) is 18.2 Å². The first-order valence-corrected chi connectivity index (χ1v) is 7.58. The molecule has 5 heteroatoms. The molecule has 1 aliphatic rings. The lowest BCUT2D eigenvalue weighted by molar-refractivity contribution is -0.143. The number of amides is 1. The average Bonchev–Trinajstić information content (AvgIpc) is 3.29. The minimum absolute atomic E-state index is 0.0282. The van der Waals surface area contributed by atoms with Gasteiger partial charge in [-0.1, -0.05) is 24.6 Å². The molecule has 0 bridgehead atoms. The predicted octanol–water partition coefficient (Wildman–Crippen LogP) is 2.26. The lowest BCUT2D eigenvalue weighted by Crippen LogP contribution is -2.39. The molecule has 1 atom stereocenters. The van der Waals surface area contributed by atoms with Gasteiger partial charge in [-0.3, -0.25) is 9.59 Å². The van der Waals surface area contributed by atoms with Crippen LogP contribution in [0.15, 0.2) is 18.2 Å². The Morgan fingerprint density at radius 1 is 1.41 bits per heavy atom. The van der Waals surface area contributed by atoms with Gasteiger partial charge < -0.3 is 14.7 Å². The van der Waals surface area contributed by atoms with Gasteiger partial charge >= 0.3 is 5.97 Å². The molecular weight excluding hydrogens is 282 g/mol. The molecule has 0 aromatic heterocycles. The van der Waals surface area contributed by atoms with Gasteiger partial charge in [0.1, 0.15) is 5.75 Å². The van der Waals surface area contributed by atoms with E-state index in [4.69, 9.17) is 9.84 Å². The molecule has 0 aliphatic heterocycles. The number of carboxylic acids is 1. The summed E-state index contributed by atoms with van der Waals surface area (Å²) in [5.74, 6) is -0.754. The van der Waals surface area contributed by atoms with E-state index in [0.29, 0.717) is 5.75 Å². The number of nitrogens with zero attached hydrogens (tertiary/aromatic N) is 1. The second kappa shape index (κ2) is 6.81. The van der Waals surface area contributed by atoms with Gasteiger partial charge in [-0.05, 0) is 25.8 Å². The third kappa shape index (κ3) is 4.00. The smallest absolute Gasteiger partial charge is 0.308 e. The number of hydrogen-bond donors (Lipinski definition) is 1. The number of aryl methyl sites for hydroxylation is 1. The zero-order valence-corrected chi connectivity index (χ0v) is 13.3. The molecular formula is C17H23NO4. The van der Waals surface area contributed by atoms with Gasteiger partial charge in [-0.25, -0.2) is 0 Å². The molecule has 0 spiro atoms. The Balaban J connectivity index is 2.11. The molecule has 2 rings (SSSR count). The number of hydrogen-bond acceptors (Lipinski definition) is 3. The second-order valence-electron chi connectivity index (χ2n) is 6.01. The highest BCUT2D eigenvalue weighted by atomic mass is 16.5. The van der Waals surface area contributed by atoms with Crippen LogP contribution in [0.1, 0.15) is 30.9 Å². The number of rotatable bonds is 7. The minimum atomic E-state index is -0.869. The second-order valence-corrected chi connectivity index (χ2v) is 6.01. The van der Waals surface area contributed by atoms with Crippen LogP contribution in [-0.2, 0) is 16.0 Å². The molecule has 0 radical (unpaired) electrons. The fourth-order valence-electron chi connectivity index (χ4n) is 2.52. The first-order chi connectivity index (χ1) is 10.4. The zero-order chi connectivity index (χ0) is 16.3. The summed E-state index contributed by atoms with van der Waals surface area (Å²) in [5, 5.41) is 9.07. The number of ether oxygens (including phenoxy) is 1. The van der Waals surface area contributed by atoms with Crippen LogP contribution in [0.5, 0.6) is 5.75 Å². The summed E-state index contributed by atoms with van der Waals surface area (Å²) in [6.45, 7) is 3.88. The van der Waals surface area contributed by atoms with E-state index in [1.807, 2.05) is 25.1 Å². The Bertz CT molecular complexity index is 566. The number of carbonyl (C=O) groups is 2. The molecule has 1 amide bonds. The van der Waals surface area contributed by atoms with Crippen molar-refractivity contribution in [1.29, 1.82) is 0 Å². The van der Waals surface area contributed by atoms with Crippen LogP contribution >= 0.6 is 0 Å². The summed E-state index contributed by atoms with van der Waals surface area (Å²) in [4.78, 5) is 25.4. The summed E-state index contributed by atoms with van der Waals surface area (Å²) >= 11 is 0. The molecule has 1 aromatic rings. The third-order valence-electron chi connectivity index (χ3n) is 3.98. The van der Waals surface area contributed by atoms with Crippen molar-refractivity contribution in [3.05, 3.63) is 29.3 Å². The van der Waals surface area contributed by atoms with E-state index in [9.17, 15) is 9.59 Å². The van der Waals surface area contributed by atoms with Crippen molar-refractivity contribution in [2.75, 3.05) is 13.7 Å². The summed E-state index contributed by atoms with van der Waals surface area (Å²) in [5.41, 5.74) is 1.92. The Kier molecular flexibility index (Phi) is 5.06.